The third-order valence-corrected chi connectivity index (χ3v) is 12.3. The number of hydrogen-bond acceptors (Lipinski definition) is 10. The molecule has 1 amide bonds. The lowest BCUT2D eigenvalue weighted by molar-refractivity contribution is -0.303. The molecule has 11 heteroatoms. The molecule has 1 aliphatic heterocycles. The predicted molar refractivity (Wildman–Crippen MR) is 243 cm³/mol. The van der Waals surface area contributed by atoms with Crippen molar-refractivity contribution in [3.63, 3.8) is 0 Å². The number of aliphatic hydroxyl groups excluding tert-OH is 7. The number of nitrogens with one attached hydrogen (secondary N) is 1. The molecule has 0 spiro atoms. The van der Waals surface area contributed by atoms with Gasteiger partial charge in [0, 0.05) is 0 Å². The van der Waals surface area contributed by atoms with Crippen molar-refractivity contribution < 1.29 is 50.0 Å². The fraction of sp³-hybridized carbons (Fsp3) is 0.939. The summed E-state index contributed by atoms with van der Waals surface area (Å²) in [5.74, 6) is -0.704. The molecule has 1 rings (SSSR count). The topological polar surface area (TPSA) is 189 Å². The van der Waals surface area contributed by atoms with Gasteiger partial charge < -0.3 is 50.5 Å². The number of allylic oxidation sites excluding steroid dienone is 2. The van der Waals surface area contributed by atoms with E-state index in [4.69, 9.17) is 9.47 Å². The van der Waals surface area contributed by atoms with Gasteiger partial charge in [0.05, 0.1) is 25.4 Å². The zero-order valence-corrected chi connectivity index (χ0v) is 38.5. The molecular formula is C49H95NO10. The lowest BCUT2D eigenvalue weighted by Crippen LogP contribution is -2.60. The van der Waals surface area contributed by atoms with Gasteiger partial charge in [-0.2, -0.15) is 0 Å². The number of aliphatic hydroxyl groups is 7. The maximum atomic E-state index is 13.1. The third kappa shape index (κ3) is 28.5. The Labute approximate surface area is 366 Å². The van der Waals surface area contributed by atoms with E-state index in [0.29, 0.717) is 12.8 Å². The van der Waals surface area contributed by atoms with Gasteiger partial charge in [-0.05, 0) is 38.5 Å². The van der Waals surface area contributed by atoms with Gasteiger partial charge in [0.25, 0.3) is 0 Å². The summed E-state index contributed by atoms with van der Waals surface area (Å²) in [7, 11) is 0. The van der Waals surface area contributed by atoms with E-state index in [2.05, 4.69) is 31.3 Å². The Morgan fingerprint density at radius 3 is 1.43 bits per heavy atom. The summed E-state index contributed by atoms with van der Waals surface area (Å²) in [6.45, 7) is 3.43. The molecule has 11 nitrogen and oxygen atoms in total. The monoisotopic (exact) mass is 858 g/mol. The van der Waals surface area contributed by atoms with Crippen molar-refractivity contribution in [2.45, 2.75) is 281 Å². The van der Waals surface area contributed by atoms with Crippen molar-refractivity contribution in [1.82, 2.24) is 5.32 Å². The van der Waals surface area contributed by atoms with Gasteiger partial charge in [0.15, 0.2) is 6.29 Å². The molecule has 356 valence electrons. The van der Waals surface area contributed by atoms with E-state index in [9.17, 15) is 40.5 Å². The molecule has 0 aromatic rings. The van der Waals surface area contributed by atoms with E-state index < -0.39 is 74.2 Å². The van der Waals surface area contributed by atoms with Crippen LogP contribution in [0.25, 0.3) is 0 Å². The molecule has 0 bridgehead atoms. The molecule has 1 heterocycles. The highest BCUT2D eigenvalue weighted by molar-refractivity contribution is 5.80. The minimum atomic E-state index is -1.66. The normalized spacial score (nSPS) is 21.6. The smallest absolute Gasteiger partial charge is 0.249 e. The van der Waals surface area contributed by atoms with Gasteiger partial charge in [-0.15, -0.1) is 0 Å². The first kappa shape index (κ1) is 56.9. The second kappa shape index (κ2) is 39.4. The van der Waals surface area contributed by atoms with Crippen LogP contribution in [0.15, 0.2) is 12.2 Å². The summed E-state index contributed by atoms with van der Waals surface area (Å²) in [6, 6.07) is -1.18. The van der Waals surface area contributed by atoms with E-state index in [1.807, 2.05) is 0 Å². The van der Waals surface area contributed by atoms with Gasteiger partial charge in [-0.3, -0.25) is 4.79 Å². The number of carbonyl (C=O) groups is 1. The van der Waals surface area contributed by atoms with Gasteiger partial charge in [0.2, 0.25) is 5.91 Å². The van der Waals surface area contributed by atoms with Crippen LogP contribution in [0.4, 0.5) is 0 Å². The zero-order valence-electron chi connectivity index (χ0n) is 38.5. The Morgan fingerprint density at radius 1 is 0.567 bits per heavy atom. The maximum absolute atomic E-state index is 13.1. The molecule has 0 unspecified atom stereocenters. The van der Waals surface area contributed by atoms with Crippen LogP contribution in [-0.4, -0.2) is 110 Å². The standard InChI is InChI=1S/C49H95NO10/c1-3-5-7-9-11-13-15-17-18-19-20-21-22-23-24-25-27-29-31-33-35-37-42(53)48(58)50-40(39-59-49-47(57)46(56)45(55)43(38-51)60-49)44(54)41(52)36-34-32-30-28-26-16-14-12-10-8-6-4-2/h28,30,40-47,49,51-57H,3-27,29,31-39H2,1-2H3,(H,50,58)/b30-28-/t40-,41-,42+,43+,44+,45+,46-,47+,49+/m0/s1. The summed E-state index contributed by atoms with van der Waals surface area (Å²) >= 11 is 0. The number of unbranched alkanes of at least 4 members (excludes halogenated alkanes) is 28. The van der Waals surface area contributed by atoms with Crippen LogP contribution >= 0.6 is 0 Å². The quantitative estimate of drug-likeness (QED) is 0.0218. The van der Waals surface area contributed by atoms with Gasteiger partial charge >= 0.3 is 0 Å². The highest BCUT2D eigenvalue weighted by atomic mass is 16.7. The van der Waals surface area contributed by atoms with Crippen molar-refractivity contribution in [3.8, 4) is 0 Å². The van der Waals surface area contributed by atoms with Gasteiger partial charge in [-0.25, -0.2) is 0 Å². The van der Waals surface area contributed by atoms with Crippen LogP contribution in [0, 0.1) is 0 Å². The average molecular weight is 858 g/mol. The van der Waals surface area contributed by atoms with Crippen molar-refractivity contribution in [2.75, 3.05) is 13.2 Å². The number of ether oxygens (including phenoxy) is 2. The third-order valence-electron chi connectivity index (χ3n) is 12.3. The van der Waals surface area contributed by atoms with E-state index in [1.54, 1.807) is 0 Å². The fourth-order valence-electron chi connectivity index (χ4n) is 8.15. The zero-order chi connectivity index (χ0) is 44.1. The Bertz CT molecular complexity index is 986. The average Bonchev–Trinajstić information content (AvgIpc) is 3.25. The molecule has 60 heavy (non-hydrogen) atoms. The van der Waals surface area contributed by atoms with Crippen LogP contribution in [0.5, 0.6) is 0 Å². The van der Waals surface area contributed by atoms with E-state index >= 15 is 0 Å². The SMILES string of the molecule is CCCCCCCCC/C=C\CCC[C@H](O)[C@H](O)[C@H](CO[C@@H]1O[C@H](CO)[C@@H](O)[C@H](O)[C@H]1O)NC(=O)[C@H](O)CCCCCCCCCCCCCCCCCCCCCCC. The Morgan fingerprint density at radius 2 is 0.983 bits per heavy atom. The largest absolute Gasteiger partial charge is 0.394 e. The molecule has 0 aromatic carbocycles. The Kier molecular flexibility index (Phi) is 37.4. The van der Waals surface area contributed by atoms with Crippen LogP contribution < -0.4 is 5.32 Å². The van der Waals surface area contributed by atoms with Gasteiger partial charge in [0.1, 0.15) is 36.6 Å². The summed E-state index contributed by atoms with van der Waals surface area (Å²) in [5, 5.41) is 75.7. The first-order chi connectivity index (χ1) is 29.2. The molecular weight excluding hydrogens is 763 g/mol. The minimum Gasteiger partial charge on any atom is -0.394 e. The highest BCUT2D eigenvalue weighted by Gasteiger charge is 2.44. The summed E-state index contributed by atoms with van der Waals surface area (Å²) in [4.78, 5) is 13.1. The highest BCUT2D eigenvalue weighted by Crippen LogP contribution is 2.23. The Hall–Kier alpha value is -1.15. The molecule has 8 N–H and O–H groups in total. The first-order valence-corrected chi connectivity index (χ1v) is 25.1. The van der Waals surface area contributed by atoms with Crippen LogP contribution in [0.2, 0.25) is 0 Å². The van der Waals surface area contributed by atoms with E-state index in [-0.39, 0.29) is 12.8 Å². The number of hydrogen-bond donors (Lipinski definition) is 8. The van der Waals surface area contributed by atoms with Crippen molar-refractivity contribution in [2.24, 2.45) is 0 Å². The molecule has 0 aromatic heterocycles. The van der Waals surface area contributed by atoms with Crippen molar-refractivity contribution in [3.05, 3.63) is 12.2 Å². The first-order valence-electron chi connectivity index (χ1n) is 25.1. The van der Waals surface area contributed by atoms with Crippen LogP contribution in [-0.2, 0) is 14.3 Å². The summed E-state index contributed by atoms with van der Waals surface area (Å²) in [5.41, 5.74) is 0. The molecule has 1 fully saturated rings. The van der Waals surface area contributed by atoms with Crippen molar-refractivity contribution >= 4 is 5.91 Å². The molecule has 9 atom stereocenters. The van der Waals surface area contributed by atoms with E-state index in [1.165, 1.54) is 148 Å². The number of carbonyl (C=O) groups excluding carboxylic acids is 1. The summed E-state index contributed by atoms with van der Waals surface area (Å²) in [6.07, 6.45) is 31.3. The minimum absolute atomic E-state index is 0.259. The second-order valence-electron chi connectivity index (χ2n) is 17.9. The van der Waals surface area contributed by atoms with E-state index in [0.717, 1.165) is 38.5 Å². The molecule has 0 saturated carbocycles. The number of rotatable bonds is 42. The second-order valence-corrected chi connectivity index (χ2v) is 17.9. The Balaban J connectivity index is 2.37. The van der Waals surface area contributed by atoms with Gasteiger partial charge in [-0.1, -0.05) is 199 Å². The summed E-state index contributed by atoms with van der Waals surface area (Å²) < 4.78 is 11.1. The van der Waals surface area contributed by atoms with Crippen LogP contribution in [0.3, 0.4) is 0 Å². The number of amides is 1. The molecule has 1 aliphatic rings. The lowest BCUT2D eigenvalue weighted by atomic mass is 9.98. The fourth-order valence-corrected chi connectivity index (χ4v) is 8.15. The van der Waals surface area contributed by atoms with Crippen molar-refractivity contribution in [1.29, 1.82) is 0 Å². The predicted octanol–water partition coefficient (Wildman–Crippen LogP) is 8.84. The molecule has 1 saturated heterocycles. The van der Waals surface area contributed by atoms with Crippen LogP contribution in [0.1, 0.15) is 226 Å². The maximum Gasteiger partial charge on any atom is 0.249 e. The lowest BCUT2D eigenvalue weighted by Gasteiger charge is -2.40. The molecule has 0 radical (unpaired) electrons. The molecule has 0 aliphatic carbocycles.